The molecule has 4 nitrogen and oxygen atoms in total. The summed E-state index contributed by atoms with van der Waals surface area (Å²) in [5.41, 5.74) is 0. The summed E-state index contributed by atoms with van der Waals surface area (Å²) in [5.74, 6) is 2.54. The zero-order valence-electron chi connectivity index (χ0n) is 13.4. The summed E-state index contributed by atoms with van der Waals surface area (Å²) >= 11 is 1.77. The van der Waals surface area contributed by atoms with Crippen LogP contribution in [0.15, 0.2) is 22.5 Å². The Labute approximate surface area is 132 Å². The number of nitrogens with zero attached hydrogens (tertiary/aromatic N) is 2. The normalized spacial score (nSPS) is 24.0. The first-order valence-electron chi connectivity index (χ1n) is 7.86. The molecule has 1 fully saturated rings. The number of likely N-dealkylation sites (tertiary alicyclic amines) is 1. The highest BCUT2D eigenvalue weighted by molar-refractivity contribution is 7.09. The van der Waals surface area contributed by atoms with Crippen LogP contribution in [0.3, 0.4) is 0 Å². The van der Waals surface area contributed by atoms with E-state index in [0.717, 1.165) is 37.4 Å². The summed E-state index contributed by atoms with van der Waals surface area (Å²) in [5, 5.41) is 8.87. The van der Waals surface area contributed by atoms with Crippen LogP contribution in [0.5, 0.6) is 0 Å². The van der Waals surface area contributed by atoms with Gasteiger partial charge >= 0.3 is 0 Å². The minimum Gasteiger partial charge on any atom is -0.355 e. The van der Waals surface area contributed by atoms with Gasteiger partial charge < -0.3 is 15.5 Å². The Balaban J connectivity index is 1.66. The largest absolute Gasteiger partial charge is 0.355 e. The fraction of sp³-hybridized carbons (Fsp3) is 0.688. The minimum atomic E-state index is 0.824. The summed E-state index contributed by atoms with van der Waals surface area (Å²) in [4.78, 5) is 8.18. The van der Waals surface area contributed by atoms with E-state index in [2.05, 4.69) is 51.9 Å². The zero-order chi connectivity index (χ0) is 15.1. The maximum Gasteiger partial charge on any atom is 0.191 e. The molecule has 1 aromatic rings. The molecule has 1 aliphatic rings. The molecule has 2 heterocycles. The number of piperidine rings is 1. The number of rotatable bonds is 5. The van der Waals surface area contributed by atoms with Crippen molar-refractivity contribution in [2.24, 2.45) is 16.8 Å². The summed E-state index contributed by atoms with van der Waals surface area (Å²) < 4.78 is 0. The molecule has 2 rings (SSSR count). The van der Waals surface area contributed by atoms with Gasteiger partial charge in [-0.15, -0.1) is 11.3 Å². The number of aliphatic imine (C=N–C) groups is 1. The molecule has 0 aromatic carbocycles. The SMILES string of the molecule is CN=C(NCCN1CC(C)CC(C)C1)NCc1cccs1. The predicted octanol–water partition coefficient (Wildman–Crippen LogP) is 2.39. The van der Waals surface area contributed by atoms with Crippen molar-refractivity contribution in [1.82, 2.24) is 15.5 Å². The predicted molar refractivity (Wildman–Crippen MR) is 91.9 cm³/mol. The lowest BCUT2D eigenvalue weighted by Gasteiger charge is -2.35. The van der Waals surface area contributed by atoms with E-state index in [0.29, 0.717) is 0 Å². The lowest BCUT2D eigenvalue weighted by atomic mass is 9.92. The van der Waals surface area contributed by atoms with Crippen molar-refractivity contribution in [2.45, 2.75) is 26.8 Å². The van der Waals surface area contributed by atoms with E-state index in [9.17, 15) is 0 Å². The number of guanidine groups is 1. The van der Waals surface area contributed by atoms with E-state index in [-0.39, 0.29) is 0 Å². The molecule has 1 aliphatic heterocycles. The Bertz CT molecular complexity index is 419. The molecule has 2 unspecified atom stereocenters. The van der Waals surface area contributed by atoms with Crippen LogP contribution in [0.25, 0.3) is 0 Å². The van der Waals surface area contributed by atoms with Crippen LogP contribution in [-0.4, -0.2) is 44.1 Å². The van der Waals surface area contributed by atoms with Crippen LogP contribution in [0.2, 0.25) is 0 Å². The van der Waals surface area contributed by atoms with E-state index in [1.165, 1.54) is 24.4 Å². The van der Waals surface area contributed by atoms with Gasteiger partial charge in [-0.05, 0) is 29.7 Å². The van der Waals surface area contributed by atoms with Crippen LogP contribution < -0.4 is 10.6 Å². The standard InChI is InChI=1S/C16H28N4S/c1-13-9-14(2)12-20(11-13)7-6-18-16(17-3)19-10-15-5-4-8-21-15/h4-5,8,13-14H,6-7,9-12H2,1-3H3,(H2,17,18,19). The first kappa shape index (κ1) is 16.3. The van der Waals surface area contributed by atoms with Crippen LogP contribution in [0.1, 0.15) is 25.1 Å². The van der Waals surface area contributed by atoms with Crippen molar-refractivity contribution in [3.05, 3.63) is 22.4 Å². The Kier molecular flexibility index (Phi) is 6.51. The summed E-state index contributed by atoms with van der Waals surface area (Å²) in [7, 11) is 1.83. The highest BCUT2D eigenvalue weighted by Crippen LogP contribution is 2.20. The van der Waals surface area contributed by atoms with E-state index in [1.54, 1.807) is 11.3 Å². The lowest BCUT2D eigenvalue weighted by Crippen LogP contribution is -2.45. The summed E-state index contributed by atoms with van der Waals surface area (Å²) in [6.45, 7) is 10.1. The molecule has 0 bridgehead atoms. The van der Waals surface area contributed by atoms with E-state index >= 15 is 0 Å². The first-order valence-corrected chi connectivity index (χ1v) is 8.74. The van der Waals surface area contributed by atoms with Gasteiger partial charge in [-0.3, -0.25) is 4.99 Å². The second-order valence-corrected chi connectivity index (χ2v) is 7.17. The monoisotopic (exact) mass is 308 g/mol. The third-order valence-electron chi connectivity index (χ3n) is 3.90. The van der Waals surface area contributed by atoms with Gasteiger partial charge in [0.25, 0.3) is 0 Å². The number of nitrogens with one attached hydrogen (secondary N) is 2. The van der Waals surface area contributed by atoms with Crippen LogP contribution in [-0.2, 0) is 6.54 Å². The van der Waals surface area contributed by atoms with Gasteiger partial charge in [-0.25, -0.2) is 0 Å². The van der Waals surface area contributed by atoms with E-state index < -0.39 is 0 Å². The molecule has 2 atom stereocenters. The number of hydrogen-bond acceptors (Lipinski definition) is 3. The molecule has 21 heavy (non-hydrogen) atoms. The molecular formula is C16H28N4S. The molecule has 0 aliphatic carbocycles. The molecule has 2 N–H and O–H groups in total. The van der Waals surface area contributed by atoms with Gasteiger partial charge in [-0.2, -0.15) is 0 Å². The van der Waals surface area contributed by atoms with Gasteiger partial charge in [0, 0.05) is 38.1 Å². The number of hydrogen-bond donors (Lipinski definition) is 2. The van der Waals surface area contributed by atoms with Crippen molar-refractivity contribution >= 4 is 17.3 Å². The quantitative estimate of drug-likeness (QED) is 0.648. The second kappa shape index (κ2) is 8.39. The van der Waals surface area contributed by atoms with Gasteiger partial charge in [0.2, 0.25) is 0 Å². The Morgan fingerprint density at radius 3 is 2.71 bits per heavy atom. The molecule has 1 saturated heterocycles. The summed E-state index contributed by atoms with van der Waals surface area (Å²) in [6.07, 6.45) is 1.37. The maximum absolute atomic E-state index is 4.28. The lowest BCUT2D eigenvalue weighted by molar-refractivity contribution is 0.143. The Morgan fingerprint density at radius 1 is 1.33 bits per heavy atom. The highest BCUT2D eigenvalue weighted by Gasteiger charge is 2.21. The maximum atomic E-state index is 4.28. The Hall–Kier alpha value is -1.07. The summed E-state index contributed by atoms with van der Waals surface area (Å²) in [6, 6.07) is 4.22. The van der Waals surface area contributed by atoms with Gasteiger partial charge in [-0.1, -0.05) is 19.9 Å². The molecular weight excluding hydrogens is 280 g/mol. The van der Waals surface area contributed by atoms with E-state index in [4.69, 9.17) is 0 Å². The minimum absolute atomic E-state index is 0.824. The van der Waals surface area contributed by atoms with Gasteiger partial charge in [0.05, 0.1) is 6.54 Å². The fourth-order valence-corrected chi connectivity index (χ4v) is 3.76. The molecule has 1 aromatic heterocycles. The zero-order valence-corrected chi connectivity index (χ0v) is 14.2. The third-order valence-corrected chi connectivity index (χ3v) is 4.78. The first-order chi connectivity index (χ1) is 10.2. The average molecular weight is 308 g/mol. The van der Waals surface area contributed by atoms with Crippen LogP contribution in [0.4, 0.5) is 0 Å². The van der Waals surface area contributed by atoms with Gasteiger partial charge in [0.15, 0.2) is 5.96 Å². The van der Waals surface area contributed by atoms with Crippen molar-refractivity contribution in [1.29, 1.82) is 0 Å². The third kappa shape index (κ3) is 5.67. The van der Waals surface area contributed by atoms with E-state index in [1.807, 2.05) is 7.05 Å². The second-order valence-electron chi connectivity index (χ2n) is 6.14. The molecule has 5 heteroatoms. The molecule has 0 amide bonds. The van der Waals surface area contributed by atoms with Crippen molar-refractivity contribution in [2.75, 3.05) is 33.2 Å². The smallest absolute Gasteiger partial charge is 0.191 e. The molecule has 118 valence electrons. The van der Waals surface area contributed by atoms with Gasteiger partial charge in [0.1, 0.15) is 0 Å². The Morgan fingerprint density at radius 2 is 2.10 bits per heavy atom. The average Bonchev–Trinajstić information content (AvgIpc) is 2.94. The fourth-order valence-electron chi connectivity index (χ4n) is 3.11. The van der Waals surface area contributed by atoms with Crippen molar-refractivity contribution < 1.29 is 0 Å². The van der Waals surface area contributed by atoms with Crippen LogP contribution in [0, 0.1) is 11.8 Å². The van der Waals surface area contributed by atoms with Crippen molar-refractivity contribution in [3.8, 4) is 0 Å². The molecule has 0 spiro atoms. The van der Waals surface area contributed by atoms with Crippen molar-refractivity contribution in [3.63, 3.8) is 0 Å². The number of thiophene rings is 1. The highest BCUT2D eigenvalue weighted by atomic mass is 32.1. The molecule has 0 radical (unpaired) electrons. The topological polar surface area (TPSA) is 39.7 Å². The molecule has 0 saturated carbocycles. The van der Waals surface area contributed by atoms with Crippen LogP contribution >= 0.6 is 11.3 Å².